The van der Waals surface area contributed by atoms with E-state index >= 15 is 0 Å². The third kappa shape index (κ3) is 9.25. The predicted octanol–water partition coefficient (Wildman–Crippen LogP) is 0.635. The van der Waals surface area contributed by atoms with Crippen molar-refractivity contribution >= 4 is 17.9 Å². The number of carbonyl (C=O) groups excluding carboxylic acids is 1. The molecule has 7 N–H and O–H groups in total. The Kier molecular flexibility index (Phi) is 9.43. The van der Waals surface area contributed by atoms with Gasteiger partial charge in [0.1, 0.15) is 12.1 Å². The lowest BCUT2D eigenvalue weighted by Gasteiger charge is -2.38. The van der Waals surface area contributed by atoms with Crippen LogP contribution in [0.15, 0.2) is 0 Å². The number of guanidine groups is 1. The van der Waals surface area contributed by atoms with Gasteiger partial charge in [0.2, 0.25) is 0 Å². The van der Waals surface area contributed by atoms with Gasteiger partial charge in [0.25, 0.3) is 0 Å². The molecule has 0 aromatic carbocycles. The molecule has 2 atom stereocenters. The monoisotopic (exact) mass is 359 g/mol. The van der Waals surface area contributed by atoms with Crippen LogP contribution in [0.3, 0.4) is 0 Å². The van der Waals surface area contributed by atoms with Gasteiger partial charge >= 0.3 is 11.9 Å². The fourth-order valence-corrected chi connectivity index (χ4v) is 2.24. The lowest BCUT2D eigenvalue weighted by atomic mass is 9.99. The van der Waals surface area contributed by atoms with Gasteiger partial charge in [-0.1, -0.05) is 13.8 Å². The largest absolute Gasteiger partial charge is 0.480 e. The summed E-state index contributed by atoms with van der Waals surface area (Å²) < 4.78 is 0. The van der Waals surface area contributed by atoms with Gasteiger partial charge in [0.15, 0.2) is 5.96 Å². The molecule has 0 unspecified atom stereocenters. The van der Waals surface area contributed by atoms with Gasteiger partial charge in [0.05, 0.1) is 0 Å². The molecule has 25 heavy (non-hydrogen) atoms. The van der Waals surface area contributed by atoms with Crippen LogP contribution in [0.25, 0.3) is 0 Å². The van der Waals surface area contributed by atoms with Gasteiger partial charge in [-0.15, -0.1) is 5.06 Å². The van der Waals surface area contributed by atoms with Crippen molar-refractivity contribution in [2.24, 2.45) is 17.4 Å². The van der Waals surface area contributed by atoms with Crippen LogP contribution in [0.5, 0.6) is 0 Å². The van der Waals surface area contributed by atoms with Gasteiger partial charge in [-0.2, -0.15) is 0 Å². The summed E-state index contributed by atoms with van der Waals surface area (Å²) in [6.07, 6.45) is 1.20. The van der Waals surface area contributed by atoms with E-state index in [0.717, 1.165) is 0 Å². The van der Waals surface area contributed by atoms with Crippen molar-refractivity contribution in [3.63, 3.8) is 0 Å². The Morgan fingerprint density at radius 1 is 1.32 bits per heavy atom. The summed E-state index contributed by atoms with van der Waals surface area (Å²) in [5.74, 6) is -1.74. The zero-order valence-corrected chi connectivity index (χ0v) is 15.8. The second kappa shape index (κ2) is 10.2. The first-order valence-corrected chi connectivity index (χ1v) is 8.43. The van der Waals surface area contributed by atoms with E-state index in [0.29, 0.717) is 25.8 Å². The molecule has 0 aromatic rings. The van der Waals surface area contributed by atoms with Crippen LogP contribution in [0.4, 0.5) is 0 Å². The van der Waals surface area contributed by atoms with Crippen molar-refractivity contribution < 1.29 is 19.5 Å². The topological polar surface area (TPSA) is 155 Å². The Morgan fingerprint density at radius 2 is 1.88 bits per heavy atom. The number of hydrogen-bond acceptors (Lipinski definition) is 6. The van der Waals surface area contributed by atoms with E-state index in [2.05, 4.69) is 5.32 Å². The van der Waals surface area contributed by atoms with Crippen molar-refractivity contribution in [2.45, 2.75) is 71.5 Å². The Labute approximate surface area is 149 Å². The molecule has 0 spiro atoms. The van der Waals surface area contributed by atoms with Crippen molar-refractivity contribution in [3.05, 3.63) is 0 Å². The molecule has 0 saturated heterocycles. The molecular formula is C16H33N5O4. The highest BCUT2D eigenvalue weighted by atomic mass is 16.7. The van der Waals surface area contributed by atoms with Crippen molar-refractivity contribution in [1.29, 1.82) is 5.41 Å². The van der Waals surface area contributed by atoms with Crippen LogP contribution in [-0.2, 0) is 14.4 Å². The van der Waals surface area contributed by atoms with Crippen LogP contribution >= 0.6 is 0 Å². The lowest BCUT2D eigenvalue weighted by Crippen LogP contribution is -2.54. The van der Waals surface area contributed by atoms with Gasteiger partial charge in [0, 0.05) is 12.1 Å². The minimum absolute atomic E-state index is 0.121. The highest BCUT2D eigenvalue weighted by Crippen LogP contribution is 2.23. The van der Waals surface area contributed by atoms with Gasteiger partial charge in [-0.3, -0.25) is 10.2 Å². The molecule has 0 fully saturated rings. The highest BCUT2D eigenvalue weighted by Gasteiger charge is 2.38. The number of carboxylic acid groups (broad SMARTS) is 1. The van der Waals surface area contributed by atoms with Crippen LogP contribution in [0.1, 0.15) is 53.9 Å². The van der Waals surface area contributed by atoms with E-state index in [4.69, 9.17) is 21.7 Å². The number of aliphatic carboxylic acids is 1. The molecule has 9 nitrogen and oxygen atoms in total. The summed E-state index contributed by atoms with van der Waals surface area (Å²) >= 11 is 0. The fourth-order valence-electron chi connectivity index (χ4n) is 2.24. The van der Waals surface area contributed by atoms with Gasteiger partial charge in [-0.25, -0.2) is 4.79 Å². The molecule has 0 saturated carbocycles. The van der Waals surface area contributed by atoms with E-state index in [1.807, 2.05) is 13.8 Å². The van der Waals surface area contributed by atoms with E-state index in [1.165, 1.54) is 5.06 Å². The fraction of sp³-hybridized carbons (Fsp3) is 0.812. The maximum absolute atomic E-state index is 12.3. The highest BCUT2D eigenvalue weighted by molar-refractivity contribution is 5.77. The molecule has 0 heterocycles. The first-order valence-electron chi connectivity index (χ1n) is 8.43. The minimum Gasteiger partial charge on any atom is -0.480 e. The molecule has 0 aliphatic carbocycles. The Bertz CT molecular complexity index is 462. The molecule has 146 valence electrons. The number of nitrogens with one attached hydrogen (secondary N) is 2. The number of rotatable bonds is 10. The number of nitrogens with two attached hydrogens (primary N) is 2. The standard InChI is InChI=1S/C16H33N5O4/c1-10(2)9-12(13(22)23)21(16(3,4)5)25-14(24)11(17)7-6-8-20-15(18)19/h10-12H,6-9,17H2,1-5H3,(H,22,23)(H4,18,19,20)/t11-,12-/m0/s1. The maximum Gasteiger partial charge on any atom is 0.341 e. The third-order valence-electron chi connectivity index (χ3n) is 3.42. The van der Waals surface area contributed by atoms with Crippen LogP contribution in [0.2, 0.25) is 0 Å². The number of hydroxylamine groups is 2. The Balaban J connectivity index is 4.92. The zero-order valence-electron chi connectivity index (χ0n) is 15.8. The SMILES string of the molecule is CC(C)C[C@@H](C(=O)O)N(OC(=O)[C@@H](N)CCCNC(=N)N)C(C)(C)C. The minimum atomic E-state index is -1.05. The average Bonchev–Trinajstić information content (AvgIpc) is 2.44. The Hall–Kier alpha value is -1.87. The zero-order chi connectivity index (χ0) is 19.8. The molecule has 0 amide bonds. The summed E-state index contributed by atoms with van der Waals surface area (Å²) in [7, 11) is 0. The van der Waals surface area contributed by atoms with Crippen LogP contribution in [0, 0.1) is 11.3 Å². The first kappa shape index (κ1) is 23.1. The maximum atomic E-state index is 12.3. The molecule has 0 bridgehead atoms. The Morgan fingerprint density at radius 3 is 2.28 bits per heavy atom. The van der Waals surface area contributed by atoms with Crippen molar-refractivity contribution in [1.82, 2.24) is 10.4 Å². The molecule has 0 rings (SSSR count). The number of hydrogen-bond donors (Lipinski definition) is 5. The summed E-state index contributed by atoms with van der Waals surface area (Å²) in [6.45, 7) is 9.57. The molecule has 0 aromatic heterocycles. The van der Waals surface area contributed by atoms with Gasteiger partial charge in [-0.05, 0) is 46.0 Å². The van der Waals surface area contributed by atoms with E-state index in [1.54, 1.807) is 20.8 Å². The molecule has 0 radical (unpaired) electrons. The summed E-state index contributed by atoms with van der Waals surface area (Å²) in [5.41, 5.74) is 10.3. The van der Waals surface area contributed by atoms with E-state index in [-0.39, 0.29) is 11.9 Å². The summed E-state index contributed by atoms with van der Waals surface area (Å²) in [4.78, 5) is 29.3. The van der Waals surface area contributed by atoms with Crippen molar-refractivity contribution in [2.75, 3.05) is 6.54 Å². The van der Waals surface area contributed by atoms with Crippen LogP contribution in [-0.4, -0.2) is 52.2 Å². The summed E-state index contributed by atoms with van der Waals surface area (Å²) in [5, 5.41) is 20.4. The number of carboxylic acids is 1. The lowest BCUT2D eigenvalue weighted by molar-refractivity contribution is -0.236. The van der Waals surface area contributed by atoms with Crippen molar-refractivity contribution in [3.8, 4) is 0 Å². The molecule has 0 aliphatic heterocycles. The smallest absolute Gasteiger partial charge is 0.341 e. The normalized spacial score (nSPS) is 14.2. The number of nitrogens with zero attached hydrogens (tertiary/aromatic N) is 1. The molecule has 0 aliphatic rings. The average molecular weight is 359 g/mol. The van der Waals surface area contributed by atoms with Gasteiger partial charge < -0.3 is 26.7 Å². The molecular weight excluding hydrogens is 326 g/mol. The van der Waals surface area contributed by atoms with E-state index < -0.39 is 29.6 Å². The second-order valence-corrected chi connectivity index (χ2v) is 7.48. The first-order chi connectivity index (χ1) is 11.4. The molecule has 9 heteroatoms. The van der Waals surface area contributed by atoms with E-state index in [9.17, 15) is 14.7 Å². The predicted molar refractivity (Wildman–Crippen MR) is 95.7 cm³/mol. The number of carbonyl (C=O) groups is 2. The third-order valence-corrected chi connectivity index (χ3v) is 3.42. The second-order valence-electron chi connectivity index (χ2n) is 7.48. The van der Waals surface area contributed by atoms with Crippen LogP contribution < -0.4 is 16.8 Å². The quantitative estimate of drug-likeness (QED) is 0.165. The summed E-state index contributed by atoms with van der Waals surface area (Å²) in [6, 6.07) is -1.83.